The van der Waals surface area contributed by atoms with Crippen LogP contribution in [0.2, 0.25) is 0 Å². The molecule has 1 aliphatic heterocycles. The van der Waals surface area contributed by atoms with Gasteiger partial charge in [-0.05, 0) is 24.1 Å². The van der Waals surface area contributed by atoms with Gasteiger partial charge in [0.25, 0.3) is 0 Å². The number of amides is 2. The first-order chi connectivity index (χ1) is 12.2. The fourth-order valence-corrected chi connectivity index (χ4v) is 3.96. The van der Waals surface area contributed by atoms with E-state index >= 15 is 0 Å². The second-order valence-electron chi connectivity index (χ2n) is 5.84. The molecule has 0 spiro atoms. The van der Waals surface area contributed by atoms with Gasteiger partial charge in [-0.25, -0.2) is 0 Å². The average Bonchev–Trinajstić information content (AvgIpc) is 3.16. The van der Waals surface area contributed by atoms with Crippen LogP contribution in [-0.2, 0) is 16.0 Å². The predicted molar refractivity (Wildman–Crippen MR) is 94.1 cm³/mol. The number of carbonyl (C=O) groups excluding carboxylic acids is 2. The Balaban J connectivity index is 1.45. The van der Waals surface area contributed by atoms with E-state index in [-0.39, 0.29) is 18.2 Å². The molecule has 6 nitrogen and oxygen atoms in total. The van der Waals surface area contributed by atoms with Crippen LogP contribution in [0.1, 0.15) is 12.0 Å². The molecule has 1 aromatic carbocycles. The fraction of sp³-hybridized carbons (Fsp3) is 0.222. The van der Waals surface area contributed by atoms with Crippen molar-refractivity contribution in [2.24, 2.45) is 0 Å². The quantitative estimate of drug-likeness (QED) is 0.659. The van der Waals surface area contributed by atoms with Gasteiger partial charge >= 0.3 is 0 Å². The molecule has 0 bridgehead atoms. The molecule has 2 amide bonds. The molecule has 3 aromatic rings. The predicted octanol–water partition coefficient (Wildman–Crippen LogP) is 2.19. The summed E-state index contributed by atoms with van der Waals surface area (Å²) in [5, 5.41) is 8.41. The Morgan fingerprint density at radius 2 is 1.84 bits per heavy atom. The number of imide groups is 1. The van der Waals surface area contributed by atoms with Crippen molar-refractivity contribution >= 4 is 29.2 Å². The number of likely N-dealkylation sites (tertiary alicyclic amines) is 1. The van der Waals surface area contributed by atoms with Crippen molar-refractivity contribution in [1.82, 2.24) is 19.5 Å². The molecule has 0 radical (unpaired) electrons. The molecule has 1 saturated heterocycles. The van der Waals surface area contributed by atoms with Crippen LogP contribution in [0, 0.1) is 0 Å². The van der Waals surface area contributed by atoms with E-state index in [1.807, 2.05) is 59.1 Å². The number of aromatic nitrogens is 3. The van der Waals surface area contributed by atoms with E-state index in [1.165, 1.54) is 16.7 Å². The van der Waals surface area contributed by atoms with Crippen LogP contribution in [0.15, 0.2) is 59.9 Å². The number of rotatable bonds is 5. The molecule has 7 heteroatoms. The zero-order valence-electron chi connectivity index (χ0n) is 13.4. The van der Waals surface area contributed by atoms with Gasteiger partial charge in [0.15, 0.2) is 10.8 Å². The van der Waals surface area contributed by atoms with E-state index in [4.69, 9.17) is 0 Å². The maximum absolute atomic E-state index is 12.6. The summed E-state index contributed by atoms with van der Waals surface area (Å²) in [4.78, 5) is 26.3. The van der Waals surface area contributed by atoms with Gasteiger partial charge in [-0.2, -0.15) is 0 Å². The summed E-state index contributed by atoms with van der Waals surface area (Å²) in [5.74, 6) is -0.258. The molecule has 0 N–H and O–H groups in total. The van der Waals surface area contributed by atoms with E-state index in [1.54, 1.807) is 0 Å². The summed E-state index contributed by atoms with van der Waals surface area (Å²) in [6.45, 7) is 0.416. The second kappa shape index (κ2) is 6.68. The van der Waals surface area contributed by atoms with Crippen molar-refractivity contribution in [3.8, 4) is 0 Å². The van der Waals surface area contributed by atoms with Gasteiger partial charge in [-0.3, -0.25) is 18.9 Å². The SMILES string of the molecule is O=C1C[C@H](Sc2nnc3ccccn23)C(=O)N1CCc1ccccc1. The van der Waals surface area contributed by atoms with Crippen LogP contribution in [0.4, 0.5) is 0 Å². The Morgan fingerprint density at radius 3 is 2.68 bits per heavy atom. The lowest BCUT2D eigenvalue weighted by molar-refractivity contribution is -0.138. The normalized spacial score (nSPS) is 17.6. The molecule has 1 atom stereocenters. The lowest BCUT2D eigenvalue weighted by atomic mass is 10.1. The minimum Gasteiger partial charge on any atom is -0.281 e. The van der Waals surface area contributed by atoms with E-state index in [9.17, 15) is 9.59 Å². The Bertz CT molecular complexity index is 925. The summed E-state index contributed by atoms with van der Waals surface area (Å²) in [6.07, 6.45) is 2.73. The van der Waals surface area contributed by atoms with Crippen LogP contribution in [0.25, 0.3) is 5.65 Å². The molecular formula is C18H16N4O2S. The van der Waals surface area contributed by atoms with E-state index < -0.39 is 5.25 Å². The Labute approximate surface area is 148 Å². The Kier molecular flexibility index (Phi) is 4.23. The van der Waals surface area contributed by atoms with Crippen molar-refractivity contribution in [2.75, 3.05) is 6.54 Å². The number of hydrogen-bond acceptors (Lipinski definition) is 5. The maximum Gasteiger partial charge on any atom is 0.243 e. The molecule has 3 heterocycles. The van der Waals surface area contributed by atoms with E-state index in [0.717, 1.165) is 11.2 Å². The standard InChI is InChI=1S/C18H16N4O2S/c23-16-12-14(25-18-20-19-15-8-4-5-10-21(15)18)17(24)22(16)11-9-13-6-2-1-3-7-13/h1-8,10,14H,9,11-12H2/t14-/m0/s1. The molecule has 2 aromatic heterocycles. The van der Waals surface area contributed by atoms with Crippen LogP contribution in [0.3, 0.4) is 0 Å². The van der Waals surface area contributed by atoms with Crippen molar-refractivity contribution in [1.29, 1.82) is 0 Å². The van der Waals surface area contributed by atoms with E-state index in [0.29, 0.717) is 18.1 Å². The van der Waals surface area contributed by atoms with Crippen molar-refractivity contribution in [2.45, 2.75) is 23.2 Å². The summed E-state index contributed by atoms with van der Waals surface area (Å²) in [7, 11) is 0. The van der Waals surface area contributed by atoms with Crippen molar-refractivity contribution in [3.05, 3.63) is 60.3 Å². The number of thioether (sulfide) groups is 1. The molecular weight excluding hydrogens is 336 g/mol. The number of carbonyl (C=O) groups is 2. The zero-order valence-corrected chi connectivity index (χ0v) is 14.2. The fourth-order valence-electron chi connectivity index (χ4n) is 2.89. The molecule has 0 aliphatic carbocycles. The van der Waals surface area contributed by atoms with Gasteiger partial charge in [-0.1, -0.05) is 48.2 Å². The smallest absolute Gasteiger partial charge is 0.243 e. The van der Waals surface area contributed by atoms with Crippen LogP contribution in [0.5, 0.6) is 0 Å². The molecule has 126 valence electrons. The minimum atomic E-state index is -0.434. The summed E-state index contributed by atoms with van der Waals surface area (Å²) >= 11 is 1.30. The third-order valence-electron chi connectivity index (χ3n) is 4.20. The molecule has 0 saturated carbocycles. The van der Waals surface area contributed by atoms with Gasteiger partial charge in [-0.15, -0.1) is 10.2 Å². The van der Waals surface area contributed by atoms with Crippen LogP contribution < -0.4 is 0 Å². The second-order valence-corrected chi connectivity index (χ2v) is 7.01. The first-order valence-corrected chi connectivity index (χ1v) is 8.95. The van der Waals surface area contributed by atoms with Crippen molar-refractivity contribution < 1.29 is 9.59 Å². The summed E-state index contributed by atoms with van der Waals surface area (Å²) in [6, 6.07) is 15.5. The van der Waals surface area contributed by atoms with Crippen molar-refractivity contribution in [3.63, 3.8) is 0 Å². The third-order valence-corrected chi connectivity index (χ3v) is 5.34. The highest BCUT2D eigenvalue weighted by molar-refractivity contribution is 8.00. The Morgan fingerprint density at radius 1 is 1.04 bits per heavy atom. The van der Waals surface area contributed by atoms with Gasteiger partial charge in [0, 0.05) is 19.2 Å². The first-order valence-electron chi connectivity index (χ1n) is 8.07. The molecule has 0 unspecified atom stereocenters. The number of benzene rings is 1. The highest BCUT2D eigenvalue weighted by Crippen LogP contribution is 2.30. The number of pyridine rings is 1. The highest BCUT2D eigenvalue weighted by Gasteiger charge is 2.39. The lowest BCUT2D eigenvalue weighted by Gasteiger charge is -2.14. The van der Waals surface area contributed by atoms with Crippen LogP contribution >= 0.6 is 11.8 Å². The Hall–Kier alpha value is -2.67. The highest BCUT2D eigenvalue weighted by atomic mass is 32.2. The van der Waals surface area contributed by atoms with Gasteiger partial charge in [0.05, 0.1) is 0 Å². The first kappa shape index (κ1) is 15.8. The lowest BCUT2D eigenvalue weighted by Crippen LogP contribution is -2.33. The molecule has 25 heavy (non-hydrogen) atoms. The zero-order chi connectivity index (χ0) is 17.2. The monoisotopic (exact) mass is 352 g/mol. The van der Waals surface area contributed by atoms with Crippen LogP contribution in [-0.4, -0.2) is 43.1 Å². The third kappa shape index (κ3) is 3.15. The largest absolute Gasteiger partial charge is 0.281 e. The average molecular weight is 352 g/mol. The molecule has 1 aliphatic rings. The molecule has 4 rings (SSSR count). The van der Waals surface area contributed by atoms with Gasteiger partial charge in [0.1, 0.15) is 5.25 Å². The van der Waals surface area contributed by atoms with Gasteiger partial charge in [0.2, 0.25) is 11.8 Å². The summed E-state index contributed by atoms with van der Waals surface area (Å²) < 4.78 is 1.83. The van der Waals surface area contributed by atoms with E-state index in [2.05, 4.69) is 10.2 Å². The minimum absolute atomic E-state index is 0.118. The number of fused-ring (bicyclic) bond motifs is 1. The number of hydrogen-bond donors (Lipinski definition) is 0. The topological polar surface area (TPSA) is 67.6 Å². The number of nitrogens with zero attached hydrogens (tertiary/aromatic N) is 4. The summed E-state index contributed by atoms with van der Waals surface area (Å²) in [5.41, 5.74) is 1.84. The maximum atomic E-state index is 12.6. The molecule has 1 fully saturated rings. The van der Waals surface area contributed by atoms with Gasteiger partial charge < -0.3 is 0 Å².